The van der Waals surface area contributed by atoms with Gasteiger partial charge in [0.1, 0.15) is 6.61 Å². The summed E-state index contributed by atoms with van der Waals surface area (Å²) in [7, 11) is 1.77. The zero-order valence-electron chi connectivity index (χ0n) is 33.3. The molecule has 0 atom stereocenters. The Bertz CT molecular complexity index is 909. The topological polar surface area (TPSA) is 155 Å². The monoisotopic (exact) mass is 915 g/mol. The van der Waals surface area contributed by atoms with E-state index in [0.29, 0.717) is 32.4 Å². The normalized spacial score (nSPS) is 10.9. The summed E-state index contributed by atoms with van der Waals surface area (Å²) in [5.41, 5.74) is -2.31. The molecule has 0 rings (SSSR count). The quantitative estimate of drug-likeness (QED) is 0.0235. The Morgan fingerprint density at radius 2 is 0.887 bits per heavy atom. The minimum Gasteiger partial charge on any atom is -0.813 e. The second kappa shape index (κ2) is 39.4. The summed E-state index contributed by atoms with van der Waals surface area (Å²) < 4.78 is 27.3. The maximum absolute atomic E-state index is 13.7. The molecule has 1 radical (unpaired) electrons. The van der Waals surface area contributed by atoms with Gasteiger partial charge in [0.2, 0.25) is 5.60 Å². The average molecular weight is 915 g/mol. The molecule has 0 aromatic carbocycles. The Labute approximate surface area is 368 Å². The zero-order valence-corrected chi connectivity index (χ0v) is 36.6. The second-order valence-corrected chi connectivity index (χ2v) is 13.4. The van der Waals surface area contributed by atoms with Crippen LogP contribution in [0.3, 0.4) is 0 Å². The van der Waals surface area contributed by atoms with Crippen LogP contribution in [0, 0.1) is 49.4 Å². The first-order valence-corrected chi connectivity index (χ1v) is 19.8. The van der Waals surface area contributed by atoms with Gasteiger partial charge in [0.15, 0.2) is 0 Å². The molecule has 0 aromatic rings. The van der Waals surface area contributed by atoms with E-state index in [0.717, 1.165) is 96.3 Å². The second-order valence-electron chi connectivity index (χ2n) is 13.4. The molecule has 1 N–H and O–H groups in total. The number of hydrogen-bond donors (Lipinski definition) is 1. The summed E-state index contributed by atoms with van der Waals surface area (Å²) >= 11 is 0. The molecule has 14 heteroatoms. The van der Waals surface area contributed by atoms with Gasteiger partial charge in [0, 0.05) is 62.5 Å². The van der Waals surface area contributed by atoms with Crippen molar-refractivity contribution in [1.82, 2.24) is 4.90 Å². The minimum absolute atomic E-state index is 0. The van der Waals surface area contributed by atoms with Gasteiger partial charge in [0.05, 0.1) is 52.1 Å². The largest absolute Gasteiger partial charge is 0.813 e. The van der Waals surface area contributed by atoms with Gasteiger partial charge in [-0.15, -0.1) is 0 Å². The van der Waals surface area contributed by atoms with Crippen LogP contribution in [-0.4, -0.2) is 98.6 Å². The van der Waals surface area contributed by atoms with Gasteiger partial charge < -0.3 is 47.2 Å². The molecule has 0 spiro atoms. The molecule has 53 heavy (non-hydrogen) atoms. The molecule has 313 valence electrons. The standard InChI is InChI=1S/C39H71NO11.Eu.H2S/c1-5-8-11-14-17-20-28-47-36(44)32-39(38(46)50-30-22-19-16-13-10-7-3,33-37(45)48-29-21-18-15-12-9-6-2)51-35(43)24-23-34(42)49-31-26-40(4)25-27-41;;/h41H,5-33H2,1-4H3;;1H2/p-1. The van der Waals surface area contributed by atoms with Gasteiger partial charge in [0.25, 0.3) is 0 Å². The molecular weight excluding hydrogens is 842 g/mol. The van der Waals surface area contributed by atoms with E-state index in [4.69, 9.17) is 28.8 Å². The smallest absolute Gasteiger partial charge is 0.351 e. The van der Waals surface area contributed by atoms with E-state index in [1.807, 2.05) is 0 Å². The number of carbonyl (C=O) groups is 5. The number of aliphatic hydroxyl groups excluding tert-OH is 1. The number of rotatable bonds is 35. The van der Waals surface area contributed by atoms with Crippen molar-refractivity contribution in [2.24, 2.45) is 0 Å². The van der Waals surface area contributed by atoms with Crippen LogP contribution in [0.15, 0.2) is 0 Å². The third kappa shape index (κ3) is 33.1. The fourth-order valence-electron chi connectivity index (χ4n) is 5.35. The van der Waals surface area contributed by atoms with Gasteiger partial charge in [-0.05, 0) is 26.3 Å². The van der Waals surface area contributed by atoms with Crippen molar-refractivity contribution in [3.05, 3.63) is 0 Å². The minimum atomic E-state index is -2.31. The van der Waals surface area contributed by atoms with Crippen molar-refractivity contribution in [2.45, 2.75) is 168 Å². The number of carbonyl (C=O) groups excluding carboxylic acids is 5. The van der Waals surface area contributed by atoms with Crippen LogP contribution in [0.5, 0.6) is 0 Å². The summed E-state index contributed by atoms with van der Waals surface area (Å²) in [4.78, 5) is 67.3. The maximum Gasteiger partial charge on any atom is 0.351 e. The summed E-state index contributed by atoms with van der Waals surface area (Å²) in [6.45, 7) is 7.53. The predicted molar refractivity (Wildman–Crippen MR) is 205 cm³/mol. The molecule has 0 unspecified atom stereocenters. The van der Waals surface area contributed by atoms with Crippen molar-refractivity contribution < 1.29 is 102 Å². The van der Waals surface area contributed by atoms with E-state index >= 15 is 0 Å². The molecule has 0 aliphatic rings. The van der Waals surface area contributed by atoms with Crippen LogP contribution in [0.1, 0.15) is 162 Å². The number of unbranched alkanes of at least 4 members (excludes halogenated alkanes) is 15. The van der Waals surface area contributed by atoms with E-state index in [1.165, 1.54) is 0 Å². The van der Waals surface area contributed by atoms with Crippen molar-refractivity contribution in [3.63, 3.8) is 0 Å². The van der Waals surface area contributed by atoms with Crippen molar-refractivity contribution >= 4 is 43.3 Å². The molecule has 0 saturated heterocycles. The van der Waals surface area contributed by atoms with E-state index in [-0.39, 0.29) is 102 Å². The van der Waals surface area contributed by atoms with Gasteiger partial charge in [-0.25, -0.2) is 4.79 Å². The molecule has 0 saturated carbocycles. The number of aliphatic hydroxyl groups is 1. The first-order chi connectivity index (χ1) is 24.6. The van der Waals surface area contributed by atoms with Crippen LogP contribution < -0.4 is 0 Å². The zero-order chi connectivity index (χ0) is 38.0. The molecule has 0 aliphatic carbocycles. The number of hydrogen-bond acceptors (Lipinski definition) is 13. The predicted octanol–water partition coefficient (Wildman–Crippen LogP) is 6.74. The van der Waals surface area contributed by atoms with Gasteiger partial charge in [-0.2, -0.15) is 0 Å². The third-order valence-electron chi connectivity index (χ3n) is 8.54. The SMILES string of the molecule is CCCCCCCCOC(=O)CC(CC(=O)OCCCCCCCC)(OC(=O)CCC(=O)OCCN(C)CCO)C(=O)OCCCCCCCC.[Eu].[SH-]. The average Bonchev–Trinajstić information content (AvgIpc) is 3.09. The van der Waals surface area contributed by atoms with Gasteiger partial charge >= 0.3 is 29.8 Å². The van der Waals surface area contributed by atoms with E-state index in [1.54, 1.807) is 11.9 Å². The van der Waals surface area contributed by atoms with E-state index in [2.05, 4.69) is 20.8 Å². The molecule has 0 fully saturated rings. The fraction of sp³-hybridized carbons (Fsp3) is 0.872. The Kier molecular flexibility index (Phi) is 42.1. The summed E-state index contributed by atoms with van der Waals surface area (Å²) in [6, 6.07) is 0. The summed E-state index contributed by atoms with van der Waals surface area (Å²) in [5.74, 6) is -4.25. The van der Waals surface area contributed by atoms with Crippen LogP contribution >= 0.6 is 0 Å². The Balaban J connectivity index is -0.0000125. The Hall–Kier alpha value is -0.796. The number of ether oxygens (including phenoxy) is 5. The summed E-state index contributed by atoms with van der Waals surface area (Å²) in [6.07, 6.45) is 15.3. The van der Waals surface area contributed by atoms with Crippen LogP contribution in [0.25, 0.3) is 0 Å². The number of esters is 5. The number of likely N-dealkylation sites (N-methyl/N-ethyl adjacent to an activating group) is 1. The van der Waals surface area contributed by atoms with Crippen molar-refractivity contribution in [1.29, 1.82) is 0 Å². The van der Waals surface area contributed by atoms with Crippen molar-refractivity contribution in [3.8, 4) is 0 Å². The first kappa shape index (κ1) is 56.5. The van der Waals surface area contributed by atoms with E-state index in [9.17, 15) is 24.0 Å². The number of nitrogens with zero attached hydrogens (tertiary/aromatic N) is 1. The summed E-state index contributed by atoms with van der Waals surface area (Å²) in [5, 5.41) is 9.02. The Morgan fingerprint density at radius 3 is 1.32 bits per heavy atom. The molecule has 0 aliphatic heterocycles. The molecule has 0 aromatic heterocycles. The third-order valence-corrected chi connectivity index (χ3v) is 8.54. The maximum atomic E-state index is 13.7. The van der Waals surface area contributed by atoms with Crippen molar-refractivity contribution in [2.75, 3.05) is 53.2 Å². The van der Waals surface area contributed by atoms with Crippen LogP contribution in [-0.2, 0) is 61.2 Å². The first-order valence-electron chi connectivity index (χ1n) is 19.8. The van der Waals surface area contributed by atoms with Gasteiger partial charge in [-0.3, -0.25) is 19.2 Å². The molecule has 0 heterocycles. The van der Waals surface area contributed by atoms with Gasteiger partial charge in [-0.1, -0.05) is 117 Å². The molecular formula is C39H72EuNO11S-. The molecule has 12 nitrogen and oxygen atoms in total. The van der Waals surface area contributed by atoms with Crippen LogP contribution in [0.4, 0.5) is 0 Å². The molecule has 0 amide bonds. The number of thiol groups is 1. The molecule has 0 bridgehead atoms. The van der Waals surface area contributed by atoms with E-state index < -0.39 is 54.7 Å². The Morgan fingerprint density at radius 1 is 0.509 bits per heavy atom. The fourth-order valence-corrected chi connectivity index (χ4v) is 5.35. The van der Waals surface area contributed by atoms with Crippen LogP contribution in [0.2, 0.25) is 0 Å².